The minimum absolute atomic E-state index is 0.122. The molecule has 0 N–H and O–H groups in total. The minimum Gasteiger partial charge on any atom is -0.465 e. The lowest BCUT2D eigenvalue weighted by Gasteiger charge is -2.35. The smallest absolute Gasteiger partial charge is 0.319 e. The van der Waals surface area contributed by atoms with Crippen LogP contribution in [0, 0.1) is 11.3 Å². The van der Waals surface area contributed by atoms with Crippen molar-refractivity contribution in [3.63, 3.8) is 0 Å². The summed E-state index contributed by atoms with van der Waals surface area (Å²) in [4.78, 5) is 26.5. The number of carbonyl (C=O) groups excluding carboxylic acids is 2. The van der Waals surface area contributed by atoms with E-state index in [0.717, 1.165) is 6.42 Å². The number of ether oxygens (including phenoxy) is 1. The number of hydrogen-bond donors (Lipinski definition) is 0. The molecule has 0 bridgehead atoms. The summed E-state index contributed by atoms with van der Waals surface area (Å²) in [6, 6.07) is 0.136. The summed E-state index contributed by atoms with van der Waals surface area (Å²) in [5.41, 5.74) is -0.440. The molecule has 4 heteroatoms. The van der Waals surface area contributed by atoms with Crippen molar-refractivity contribution in [1.82, 2.24) is 4.90 Å². The van der Waals surface area contributed by atoms with Crippen molar-refractivity contribution in [2.75, 3.05) is 13.2 Å². The van der Waals surface area contributed by atoms with Gasteiger partial charge in [0.05, 0.1) is 6.61 Å². The van der Waals surface area contributed by atoms with Gasteiger partial charge in [-0.2, -0.15) is 0 Å². The van der Waals surface area contributed by atoms with E-state index in [1.54, 1.807) is 11.8 Å². The third kappa shape index (κ3) is 4.84. The van der Waals surface area contributed by atoms with E-state index in [-0.39, 0.29) is 11.9 Å². The van der Waals surface area contributed by atoms with E-state index in [1.165, 1.54) is 0 Å². The topological polar surface area (TPSA) is 46.6 Å². The van der Waals surface area contributed by atoms with E-state index in [2.05, 4.69) is 0 Å². The molecule has 0 saturated heterocycles. The van der Waals surface area contributed by atoms with Crippen molar-refractivity contribution in [2.45, 2.75) is 60.9 Å². The number of hydrogen-bond acceptors (Lipinski definition) is 3. The van der Waals surface area contributed by atoms with Gasteiger partial charge in [0.25, 0.3) is 0 Å². The van der Waals surface area contributed by atoms with Gasteiger partial charge >= 0.3 is 5.97 Å². The highest BCUT2D eigenvalue weighted by atomic mass is 16.5. The lowest BCUT2D eigenvalue weighted by molar-refractivity contribution is -0.161. The molecule has 0 heterocycles. The lowest BCUT2D eigenvalue weighted by atomic mass is 9.79. The second kappa shape index (κ2) is 7.51. The molecule has 0 rings (SSSR count). The highest BCUT2D eigenvalue weighted by Crippen LogP contribution is 2.29. The fourth-order valence-corrected chi connectivity index (χ4v) is 2.12. The standard InChI is InChI=1S/C15H29NO3/c1-8-11(4)16(9-2)13(17)12(15(5,6)7)14(18)19-10-3/h11-12H,8-10H2,1-7H3. The van der Waals surface area contributed by atoms with Crippen LogP contribution in [0.1, 0.15) is 54.9 Å². The minimum atomic E-state index is -0.735. The van der Waals surface area contributed by atoms with Crippen molar-refractivity contribution in [2.24, 2.45) is 11.3 Å². The van der Waals surface area contributed by atoms with Gasteiger partial charge in [-0.15, -0.1) is 0 Å². The Labute approximate surface area is 117 Å². The fraction of sp³-hybridized carbons (Fsp3) is 0.867. The van der Waals surface area contributed by atoms with Crippen LogP contribution in [0.15, 0.2) is 0 Å². The zero-order valence-corrected chi connectivity index (χ0v) is 13.4. The Bertz CT molecular complexity index is 307. The molecule has 1 amide bonds. The highest BCUT2D eigenvalue weighted by Gasteiger charge is 2.41. The van der Waals surface area contributed by atoms with Crippen LogP contribution in [-0.4, -0.2) is 36.0 Å². The van der Waals surface area contributed by atoms with Crippen LogP contribution in [0.5, 0.6) is 0 Å². The average molecular weight is 271 g/mol. The van der Waals surface area contributed by atoms with Crippen LogP contribution >= 0.6 is 0 Å². The maximum absolute atomic E-state index is 12.7. The molecule has 4 nitrogen and oxygen atoms in total. The van der Waals surface area contributed by atoms with Gasteiger partial charge in [0.2, 0.25) is 5.91 Å². The van der Waals surface area contributed by atoms with Crippen LogP contribution in [0.3, 0.4) is 0 Å². The van der Waals surface area contributed by atoms with E-state index in [9.17, 15) is 9.59 Å². The number of rotatable bonds is 6. The molecule has 0 aromatic heterocycles. The van der Waals surface area contributed by atoms with Gasteiger partial charge in [-0.25, -0.2) is 0 Å². The van der Waals surface area contributed by atoms with Crippen molar-refractivity contribution < 1.29 is 14.3 Å². The molecule has 0 aromatic carbocycles. The van der Waals surface area contributed by atoms with E-state index in [0.29, 0.717) is 13.2 Å². The summed E-state index contributed by atoms with van der Waals surface area (Å²) in [7, 11) is 0. The maximum atomic E-state index is 12.7. The monoisotopic (exact) mass is 271 g/mol. The molecule has 112 valence electrons. The Morgan fingerprint density at radius 2 is 1.68 bits per heavy atom. The summed E-state index contributed by atoms with van der Waals surface area (Å²) >= 11 is 0. The first-order valence-electron chi connectivity index (χ1n) is 7.17. The molecule has 0 spiro atoms. The zero-order valence-electron chi connectivity index (χ0n) is 13.4. The molecule has 0 aliphatic carbocycles. The Kier molecular flexibility index (Phi) is 7.09. The van der Waals surface area contributed by atoms with Crippen molar-refractivity contribution >= 4 is 11.9 Å². The second-order valence-electron chi connectivity index (χ2n) is 5.93. The largest absolute Gasteiger partial charge is 0.465 e. The normalized spacial score (nSPS) is 14.7. The molecular weight excluding hydrogens is 242 g/mol. The van der Waals surface area contributed by atoms with Crippen molar-refractivity contribution in [3.8, 4) is 0 Å². The summed E-state index contributed by atoms with van der Waals surface area (Å²) in [5, 5.41) is 0. The average Bonchev–Trinajstić information content (AvgIpc) is 2.28. The summed E-state index contributed by atoms with van der Waals surface area (Å²) < 4.78 is 5.07. The number of amides is 1. The van der Waals surface area contributed by atoms with Crippen LogP contribution in [0.25, 0.3) is 0 Å². The van der Waals surface area contributed by atoms with Gasteiger partial charge in [0.1, 0.15) is 5.92 Å². The number of carbonyl (C=O) groups is 2. The van der Waals surface area contributed by atoms with E-state index in [1.807, 2.05) is 41.5 Å². The molecular formula is C15H29NO3. The molecule has 19 heavy (non-hydrogen) atoms. The van der Waals surface area contributed by atoms with Crippen LogP contribution in [0.2, 0.25) is 0 Å². The summed E-state index contributed by atoms with van der Waals surface area (Å²) in [6.07, 6.45) is 0.874. The van der Waals surface area contributed by atoms with Gasteiger partial charge in [-0.3, -0.25) is 9.59 Å². The van der Waals surface area contributed by atoms with Crippen molar-refractivity contribution in [1.29, 1.82) is 0 Å². The fourth-order valence-electron chi connectivity index (χ4n) is 2.12. The van der Waals surface area contributed by atoms with Gasteiger partial charge in [-0.05, 0) is 32.6 Å². The van der Waals surface area contributed by atoms with Gasteiger partial charge in [-0.1, -0.05) is 27.7 Å². The van der Waals surface area contributed by atoms with Gasteiger partial charge < -0.3 is 9.64 Å². The molecule has 0 aromatic rings. The zero-order chi connectivity index (χ0) is 15.2. The van der Waals surface area contributed by atoms with E-state index in [4.69, 9.17) is 4.74 Å². The van der Waals surface area contributed by atoms with Gasteiger partial charge in [0, 0.05) is 12.6 Å². The summed E-state index contributed by atoms with van der Waals surface area (Å²) in [5.74, 6) is -1.27. The first-order valence-corrected chi connectivity index (χ1v) is 7.17. The molecule has 0 aliphatic rings. The van der Waals surface area contributed by atoms with Crippen LogP contribution in [0.4, 0.5) is 0 Å². The summed E-state index contributed by atoms with van der Waals surface area (Å²) in [6.45, 7) is 14.4. The van der Waals surface area contributed by atoms with Gasteiger partial charge in [0.15, 0.2) is 0 Å². The van der Waals surface area contributed by atoms with Crippen LogP contribution < -0.4 is 0 Å². The SMILES string of the molecule is CCOC(=O)C(C(=O)N(CC)C(C)CC)C(C)(C)C. The number of nitrogens with zero attached hydrogens (tertiary/aromatic N) is 1. The predicted molar refractivity (Wildman–Crippen MR) is 76.7 cm³/mol. The Hall–Kier alpha value is -1.06. The quantitative estimate of drug-likeness (QED) is 0.551. The Balaban J connectivity index is 5.26. The maximum Gasteiger partial charge on any atom is 0.319 e. The highest BCUT2D eigenvalue weighted by molar-refractivity contribution is 5.98. The first-order chi connectivity index (χ1) is 8.70. The third-order valence-corrected chi connectivity index (χ3v) is 3.38. The predicted octanol–water partition coefficient (Wildman–Crippen LogP) is 2.86. The van der Waals surface area contributed by atoms with Crippen molar-refractivity contribution in [3.05, 3.63) is 0 Å². The molecule has 2 unspecified atom stereocenters. The molecule has 0 aliphatic heterocycles. The lowest BCUT2D eigenvalue weighted by Crippen LogP contribution is -2.48. The molecule has 0 radical (unpaired) electrons. The van der Waals surface area contributed by atoms with E-state index >= 15 is 0 Å². The molecule has 2 atom stereocenters. The third-order valence-electron chi connectivity index (χ3n) is 3.38. The van der Waals surface area contributed by atoms with Crippen LogP contribution in [-0.2, 0) is 14.3 Å². The first kappa shape index (κ1) is 17.9. The Morgan fingerprint density at radius 3 is 2.00 bits per heavy atom. The Morgan fingerprint density at radius 1 is 1.16 bits per heavy atom. The number of esters is 1. The molecule has 0 fully saturated rings. The second-order valence-corrected chi connectivity index (χ2v) is 5.93. The molecule has 0 saturated carbocycles. The van der Waals surface area contributed by atoms with E-state index < -0.39 is 17.3 Å².